The molecule has 5 heterocycles. The van der Waals surface area contributed by atoms with Crippen LogP contribution < -0.4 is 15.5 Å². The number of H-pyrrole nitrogens is 2. The van der Waals surface area contributed by atoms with Crippen molar-refractivity contribution in [3.8, 4) is 22.6 Å². The van der Waals surface area contributed by atoms with Crippen LogP contribution in [0.2, 0.25) is 0 Å². The minimum atomic E-state index is -0.712. The Bertz CT molecular complexity index is 2560. The molecule has 3 fully saturated rings. The van der Waals surface area contributed by atoms with Gasteiger partial charge in [0.05, 0.1) is 43.2 Å². The van der Waals surface area contributed by atoms with E-state index in [-0.39, 0.29) is 59.1 Å². The number of carbonyl (C=O) groups excluding carboxylic acids is 4. The molecule has 15 heteroatoms. The molecular formula is C53H68N10O5. The molecule has 3 saturated heterocycles. The van der Waals surface area contributed by atoms with Gasteiger partial charge in [-0.05, 0) is 90.2 Å². The second-order valence-electron chi connectivity index (χ2n) is 20.4. The molecule has 0 aliphatic carbocycles. The summed E-state index contributed by atoms with van der Waals surface area (Å²) in [6, 6.07) is 24.9. The summed E-state index contributed by atoms with van der Waals surface area (Å²) in [5, 5.41) is 13.3. The average Bonchev–Trinajstić information content (AvgIpc) is 4.18. The van der Waals surface area contributed by atoms with Crippen LogP contribution in [0.25, 0.3) is 22.6 Å². The number of aromatic nitrogens is 5. The second kappa shape index (κ2) is 20.0. The number of likely N-dealkylation sites (tertiary alicyclic amines) is 2. The molecule has 6 unspecified atom stereocenters. The zero-order valence-corrected chi connectivity index (χ0v) is 41.0. The number of nitrogens with one attached hydrogen (secondary N) is 4. The van der Waals surface area contributed by atoms with Crippen LogP contribution in [-0.4, -0.2) is 91.0 Å². The van der Waals surface area contributed by atoms with E-state index in [0.29, 0.717) is 24.7 Å². The summed E-state index contributed by atoms with van der Waals surface area (Å²) in [6.07, 6.45) is 6.41. The zero-order valence-electron chi connectivity index (χ0n) is 41.0. The van der Waals surface area contributed by atoms with E-state index in [1.807, 2.05) is 38.8 Å². The largest absolute Gasteiger partial charge is 0.453 e. The Morgan fingerprint density at radius 2 is 1.22 bits per heavy atom. The summed E-state index contributed by atoms with van der Waals surface area (Å²) >= 11 is 0. The van der Waals surface area contributed by atoms with Gasteiger partial charge >= 0.3 is 6.09 Å². The van der Waals surface area contributed by atoms with Crippen LogP contribution in [0.1, 0.15) is 146 Å². The average molecular weight is 925 g/mol. The van der Waals surface area contributed by atoms with E-state index in [1.165, 1.54) is 36.4 Å². The quantitative estimate of drug-likeness (QED) is 0.0896. The zero-order chi connectivity index (χ0) is 48.4. The maximum atomic E-state index is 13.7. The third-order valence-corrected chi connectivity index (χ3v) is 14.1. The highest BCUT2D eigenvalue weighted by molar-refractivity contribution is 5.88. The number of alkyl carbamates (subject to hydrolysis) is 1. The van der Waals surface area contributed by atoms with E-state index in [0.717, 1.165) is 61.2 Å². The first kappa shape index (κ1) is 48.0. The van der Waals surface area contributed by atoms with Gasteiger partial charge in [0, 0.05) is 31.3 Å². The SMILES string of the molecule is COC(=O)NC(C(=O)N1CCCC1c1nc(-c2ccc(C3CCC(c4ccc(-c5cnc(C6CCCN6C(=O)C(NC(C)=O)C(C)C)[nH]5)cc4)N3c3ccc(C(C)(C)C)cc3)cc2)n[nH]1)C(C)C. The fourth-order valence-corrected chi connectivity index (χ4v) is 10.3. The first-order valence-corrected chi connectivity index (χ1v) is 24.3. The molecule has 8 rings (SSSR count). The predicted octanol–water partition coefficient (Wildman–Crippen LogP) is 9.11. The lowest BCUT2D eigenvalue weighted by atomic mass is 9.87. The molecule has 4 N–H and O–H groups in total. The summed E-state index contributed by atoms with van der Waals surface area (Å²) in [5.74, 6) is 1.36. The Balaban J connectivity index is 1.00. The van der Waals surface area contributed by atoms with Gasteiger partial charge in [-0.3, -0.25) is 19.5 Å². The number of amides is 4. The normalized spacial score (nSPS) is 20.5. The minimum Gasteiger partial charge on any atom is -0.453 e. The minimum absolute atomic E-state index is 0.0271. The molecule has 0 bridgehead atoms. The highest BCUT2D eigenvalue weighted by Crippen LogP contribution is 2.48. The van der Waals surface area contributed by atoms with Crippen LogP contribution in [0.5, 0.6) is 0 Å². The smallest absolute Gasteiger partial charge is 0.407 e. The van der Waals surface area contributed by atoms with Crippen LogP contribution in [-0.2, 0) is 24.5 Å². The summed E-state index contributed by atoms with van der Waals surface area (Å²) in [6.45, 7) is 17.1. The Kier molecular flexibility index (Phi) is 14.1. The fraction of sp³-hybridized carbons (Fsp3) is 0.491. The molecule has 3 aliphatic heterocycles. The molecular weight excluding hydrogens is 857 g/mol. The van der Waals surface area contributed by atoms with Crippen LogP contribution >= 0.6 is 0 Å². The number of benzene rings is 3. The van der Waals surface area contributed by atoms with Gasteiger partial charge in [-0.25, -0.2) is 14.8 Å². The fourth-order valence-electron chi connectivity index (χ4n) is 10.3. The van der Waals surface area contributed by atoms with Crippen LogP contribution in [0.4, 0.5) is 10.5 Å². The maximum absolute atomic E-state index is 13.7. The molecule has 6 atom stereocenters. The topological polar surface area (TPSA) is 182 Å². The van der Waals surface area contributed by atoms with E-state index in [2.05, 4.69) is 124 Å². The molecule has 3 aliphatic rings. The molecule has 3 aromatic carbocycles. The van der Waals surface area contributed by atoms with E-state index in [4.69, 9.17) is 14.7 Å². The van der Waals surface area contributed by atoms with Crippen molar-refractivity contribution in [1.82, 2.24) is 45.6 Å². The van der Waals surface area contributed by atoms with Crippen molar-refractivity contribution in [2.24, 2.45) is 11.8 Å². The van der Waals surface area contributed by atoms with E-state index in [1.54, 1.807) is 4.90 Å². The van der Waals surface area contributed by atoms with Gasteiger partial charge in [-0.1, -0.05) is 109 Å². The summed E-state index contributed by atoms with van der Waals surface area (Å²) in [7, 11) is 1.29. The molecule has 4 amide bonds. The van der Waals surface area contributed by atoms with Gasteiger partial charge < -0.3 is 35.1 Å². The first-order valence-electron chi connectivity index (χ1n) is 24.3. The predicted molar refractivity (Wildman–Crippen MR) is 262 cm³/mol. The van der Waals surface area contributed by atoms with Crippen molar-refractivity contribution in [3.63, 3.8) is 0 Å². The Labute approximate surface area is 400 Å². The van der Waals surface area contributed by atoms with Crippen molar-refractivity contribution < 1.29 is 23.9 Å². The number of anilines is 1. The van der Waals surface area contributed by atoms with E-state index in [9.17, 15) is 19.2 Å². The van der Waals surface area contributed by atoms with Crippen molar-refractivity contribution in [1.29, 1.82) is 0 Å². The molecule has 0 radical (unpaired) electrons. The second-order valence-corrected chi connectivity index (χ2v) is 20.4. The van der Waals surface area contributed by atoms with Gasteiger partial charge in [-0.15, -0.1) is 0 Å². The lowest BCUT2D eigenvalue weighted by Gasteiger charge is -2.34. The van der Waals surface area contributed by atoms with Gasteiger partial charge in [0.2, 0.25) is 17.7 Å². The number of hydrogen-bond donors (Lipinski definition) is 4. The molecule has 5 aromatic rings. The highest BCUT2D eigenvalue weighted by Gasteiger charge is 2.40. The molecule has 0 spiro atoms. The number of carbonyl (C=O) groups is 4. The van der Waals surface area contributed by atoms with Crippen molar-refractivity contribution in [3.05, 3.63) is 107 Å². The Hall–Kier alpha value is -6.51. The third-order valence-electron chi connectivity index (χ3n) is 14.1. The van der Waals surface area contributed by atoms with E-state index >= 15 is 0 Å². The molecule has 360 valence electrons. The Morgan fingerprint density at radius 1 is 0.691 bits per heavy atom. The van der Waals surface area contributed by atoms with Gasteiger partial charge in [0.25, 0.3) is 0 Å². The number of methoxy groups -OCH3 is 1. The number of ether oxygens (including phenoxy) is 1. The number of nitrogens with zero attached hydrogens (tertiary/aromatic N) is 6. The lowest BCUT2D eigenvalue weighted by molar-refractivity contribution is -0.138. The maximum Gasteiger partial charge on any atom is 0.407 e. The first-order chi connectivity index (χ1) is 32.5. The van der Waals surface area contributed by atoms with Crippen molar-refractivity contribution in [2.45, 2.75) is 136 Å². The molecule has 15 nitrogen and oxygen atoms in total. The standard InChI is InChI=1S/C53H68N10O5/c1-31(2)45(55-33(5)64)50(65)61-28-10-12-43(61)48-54-30-40(56-48)34-14-16-35(17-15-34)41-26-27-42(63(41)39-24-22-38(23-25-39)53(6,7)8)36-18-20-37(21-19-36)47-58-49(60-59-47)44-13-11-29-62(44)51(66)46(32(3)4)57-52(67)68-9/h14-25,30-32,41-46H,10-13,26-29H2,1-9H3,(H,54,56)(H,55,64)(H,57,67)(H,58,59,60). The summed E-state index contributed by atoms with van der Waals surface area (Å²) in [5.41, 5.74) is 7.71. The highest BCUT2D eigenvalue weighted by atomic mass is 16.5. The van der Waals surface area contributed by atoms with Crippen LogP contribution in [0.3, 0.4) is 0 Å². The lowest BCUT2D eigenvalue weighted by Crippen LogP contribution is -2.51. The van der Waals surface area contributed by atoms with Crippen molar-refractivity contribution >= 4 is 29.5 Å². The third kappa shape index (κ3) is 10.0. The number of imidazole rings is 1. The molecule has 2 aromatic heterocycles. The number of aromatic amines is 2. The summed E-state index contributed by atoms with van der Waals surface area (Å²) in [4.78, 5) is 70.9. The molecule has 0 saturated carbocycles. The monoisotopic (exact) mass is 925 g/mol. The number of rotatable bonds is 13. The van der Waals surface area contributed by atoms with E-state index < -0.39 is 18.2 Å². The van der Waals surface area contributed by atoms with Crippen LogP contribution in [0.15, 0.2) is 79.0 Å². The Morgan fingerprint density at radius 3 is 1.74 bits per heavy atom. The van der Waals surface area contributed by atoms with Crippen LogP contribution in [0, 0.1) is 11.8 Å². The van der Waals surface area contributed by atoms with Gasteiger partial charge in [0.15, 0.2) is 5.82 Å². The van der Waals surface area contributed by atoms with Gasteiger partial charge in [-0.2, -0.15) is 5.10 Å². The van der Waals surface area contributed by atoms with Crippen molar-refractivity contribution in [2.75, 3.05) is 25.1 Å². The molecule has 68 heavy (non-hydrogen) atoms. The van der Waals surface area contributed by atoms with Gasteiger partial charge in [0.1, 0.15) is 23.7 Å². The summed E-state index contributed by atoms with van der Waals surface area (Å²) < 4.78 is 4.80. The number of hydrogen-bond acceptors (Lipinski definition) is 9.